The third-order valence-corrected chi connectivity index (χ3v) is 4.91. The molecule has 0 bridgehead atoms. The van der Waals surface area contributed by atoms with Crippen molar-refractivity contribution in [2.24, 2.45) is 0 Å². The van der Waals surface area contributed by atoms with Crippen LogP contribution in [0.2, 0.25) is 0 Å². The molecule has 0 fully saturated rings. The minimum absolute atomic E-state index is 1.08. The van der Waals surface area contributed by atoms with Crippen molar-refractivity contribution in [1.29, 1.82) is 0 Å². The highest BCUT2D eigenvalue weighted by molar-refractivity contribution is 5.88. The quantitative estimate of drug-likeness (QED) is 0.477. The minimum atomic E-state index is 1.08. The SMILES string of the molecule is CCCCCCCCc1ccc(C2=Cc3ccccc3C2)cc1. The van der Waals surface area contributed by atoms with E-state index in [0.717, 1.165) is 6.42 Å². The van der Waals surface area contributed by atoms with Crippen LogP contribution in [0.3, 0.4) is 0 Å². The van der Waals surface area contributed by atoms with E-state index in [1.165, 1.54) is 72.8 Å². The van der Waals surface area contributed by atoms with Crippen LogP contribution in [0.5, 0.6) is 0 Å². The number of rotatable bonds is 8. The van der Waals surface area contributed by atoms with E-state index in [0.29, 0.717) is 0 Å². The normalized spacial score (nSPS) is 13.0. The number of allylic oxidation sites excluding steroid dienone is 1. The molecule has 1 aliphatic carbocycles. The molecule has 0 aromatic heterocycles. The molecule has 0 spiro atoms. The van der Waals surface area contributed by atoms with Crippen LogP contribution >= 0.6 is 0 Å². The lowest BCUT2D eigenvalue weighted by Gasteiger charge is -2.06. The van der Waals surface area contributed by atoms with Crippen LogP contribution in [0.25, 0.3) is 11.6 Å². The molecule has 0 amide bonds. The van der Waals surface area contributed by atoms with Gasteiger partial charge in [0, 0.05) is 0 Å². The molecule has 23 heavy (non-hydrogen) atoms. The maximum atomic E-state index is 2.35. The van der Waals surface area contributed by atoms with Crippen molar-refractivity contribution < 1.29 is 0 Å². The summed E-state index contributed by atoms with van der Waals surface area (Å²) in [5.41, 5.74) is 7.17. The molecular weight excluding hydrogens is 276 g/mol. The third-order valence-electron chi connectivity index (χ3n) is 4.91. The molecule has 3 rings (SSSR count). The lowest BCUT2D eigenvalue weighted by molar-refractivity contribution is 0.607. The Kier molecular flexibility index (Phi) is 5.69. The molecule has 1 aliphatic rings. The van der Waals surface area contributed by atoms with Gasteiger partial charge in [-0.2, -0.15) is 0 Å². The van der Waals surface area contributed by atoms with E-state index in [1.54, 1.807) is 0 Å². The van der Waals surface area contributed by atoms with Crippen LogP contribution in [-0.2, 0) is 12.8 Å². The second-order valence-electron chi connectivity index (χ2n) is 6.76. The largest absolute Gasteiger partial charge is 0.0654 e. The highest BCUT2D eigenvalue weighted by Crippen LogP contribution is 2.31. The summed E-state index contributed by atoms with van der Waals surface area (Å²) in [6.07, 6.45) is 12.9. The first-order valence-electron chi connectivity index (χ1n) is 9.24. The zero-order valence-electron chi connectivity index (χ0n) is 14.4. The molecule has 120 valence electrons. The standard InChI is InChI=1S/C23H28/c1-2-3-4-5-6-7-10-19-13-15-20(16-14-19)23-17-21-11-8-9-12-22(21)18-23/h8-9,11-17H,2-7,10,18H2,1H3. The Morgan fingerprint density at radius 3 is 2.30 bits per heavy atom. The molecule has 0 unspecified atom stereocenters. The summed E-state index contributed by atoms with van der Waals surface area (Å²) in [5, 5.41) is 0. The van der Waals surface area contributed by atoms with Gasteiger partial charge in [0.1, 0.15) is 0 Å². The summed E-state index contributed by atoms with van der Waals surface area (Å²) < 4.78 is 0. The lowest BCUT2D eigenvalue weighted by Crippen LogP contribution is -1.89. The Bertz CT molecular complexity index is 646. The molecule has 0 nitrogen and oxygen atoms in total. The molecule has 0 N–H and O–H groups in total. The van der Waals surface area contributed by atoms with Gasteiger partial charge < -0.3 is 0 Å². The van der Waals surface area contributed by atoms with Gasteiger partial charge in [-0.25, -0.2) is 0 Å². The predicted octanol–water partition coefficient (Wildman–Crippen LogP) is 6.69. The first-order valence-corrected chi connectivity index (χ1v) is 9.24. The van der Waals surface area contributed by atoms with Crippen molar-refractivity contribution >= 4 is 11.6 Å². The molecule has 0 aliphatic heterocycles. The highest BCUT2D eigenvalue weighted by atomic mass is 14.2. The fourth-order valence-corrected chi connectivity index (χ4v) is 3.46. The van der Waals surface area contributed by atoms with Gasteiger partial charge in [-0.05, 0) is 47.1 Å². The van der Waals surface area contributed by atoms with Crippen LogP contribution < -0.4 is 0 Å². The number of aryl methyl sites for hydroxylation is 1. The van der Waals surface area contributed by atoms with Crippen molar-refractivity contribution in [2.75, 3.05) is 0 Å². The number of benzene rings is 2. The monoisotopic (exact) mass is 304 g/mol. The van der Waals surface area contributed by atoms with Crippen LogP contribution in [-0.4, -0.2) is 0 Å². The molecule has 0 atom stereocenters. The van der Waals surface area contributed by atoms with Gasteiger partial charge >= 0.3 is 0 Å². The Morgan fingerprint density at radius 2 is 1.52 bits per heavy atom. The number of hydrogen-bond donors (Lipinski definition) is 0. The van der Waals surface area contributed by atoms with Gasteiger partial charge in [-0.1, -0.05) is 93.6 Å². The molecule has 0 radical (unpaired) electrons. The average molecular weight is 304 g/mol. The first kappa shape index (κ1) is 16.1. The van der Waals surface area contributed by atoms with Crippen molar-refractivity contribution in [2.45, 2.75) is 58.3 Å². The molecule has 0 saturated carbocycles. The smallest absolute Gasteiger partial charge is 0.00137 e. The van der Waals surface area contributed by atoms with E-state index in [-0.39, 0.29) is 0 Å². The Balaban J connectivity index is 1.50. The fourth-order valence-electron chi connectivity index (χ4n) is 3.46. The van der Waals surface area contributed by atoms with Crippen LogP contribution in [0.1, 0.15) is 67.7 Å². The summed E-state index contributed by atoms with van der Waals surface area (Å²) in [5.74, 6) is 0. The van der Waals surface area contributed by atoms with E-state index in [1.807, 2.05) is 0 Å². The van der Waals surface area contributed by atoms with Gasteiger partial charge in [-0.3, -0.25) is 0 Å². The Labute approximate surface area is 141 Å². The maximum Gasteiger partial charge on any atom is -0.00137 e. The van der Waals surface area contributed by atoms with Crippen LogP contribution in [0.4, 0.5) is 0 Å². The van der Waals surface area contributed by atoms with E-state index in [4.69, 9.17) is 0 Å². The highest BCUT2D eigenvalue weighted by Gasteiger charge is 2.13. The first-order chi connectivity index (χ1) is 11.4. The third kappa shape index (κ3) is 4.34. The van der Waals surface area contributed by atoms with E-state index < -0.39 is 0 Å². The van der Waals surface area contributed by atoms with Crippen molar-refractivity contribution in [1.82, 2.24) is 0 Å². The zero-order valence-corrected chi connectivity index (χ0v) is 14.4. The summed E-state index contributed by atoms with van der Waals surface area (Å²) in [4.78, 5) is 0. The predicted molar refractivity (Wildman–Crippen MR) is 102 cm³/mol. The van der Waals surface area contributed by atoms with Gasteiger partial charge in [0.25, 0.3) is 0 Å². The summed E-state index contributed by atoms with van der Waals surface area (Å²) in [6, 6.07) is 18.0. The summed E-state index contributed by atoms with van der Waals surface area (Å²) >= 11 is 0. The summed E-state index contributed by atoms with van der Waals surface area (Å²) in [6.45, 7) is 2.28. The number of unbranched alkanes of at least 4 members (excludes halogenated alkanes) is 5. The van der Waals surface area contributed by atoms with Crippen molar-refractivity contribution in [3.8, 4) is 0 Å². The Morgan fingerprint density at radius 1 is 0.783 bits per heavy atom. The zero-order chi connectivity index (χ0) is 15.9. The minimum Gasteiger partial charge on any atom is -0.0654 e. The fraction of sp³-hybridized carbons (Fsp3) is 0.391. The van der Waals surface area contributed by atoms with Gasteiger partial charge in [0.15, 0.2) is 0 Å². The van der Waals surface area contributed by atoms with Gasteiger partial charge in [0.05, 0.1) is 0 Å². The average Bonchev–Trinajstić information content (AvgIpc) is 3.02. The topological polar surface area (TPSA) is 0 Å². The number of hydrogen-bond acceptors (Lipinski definition) is 0. The molecular formula is C23H28. The maximum absolute atomic E-state index is 2.35. The van der Waals surface area contributed by atoms with Gasteiger partial charge in [-0.15, -0.1) is 0 Å². The molecule has 0 heterocycles. The Hall–Kier alpha value is -1.82. The van der Waals surface area contributed by atoms with E-state index in [9.17, 15) is 0 Å². The molecule has 0 saturated heterocycles. The van der Waals surface area contributed by atoms with Gasteiger partial charge in [0.2, 0.25) is 0 Å². The summed E-state index contributed by atoms with van der Waals surface area (Å²) in [7, 11) is 0. The van der Waals surface area contributed by atoms with E-state index in [2.05, 4.69) is 61.5 Å². The second kappa shape index (κ2) is 8.15. The number of fused-ring (bicyclic) bond motifs is 1. The second-order valence-corrected chi connectivity index (χ2v) is 6.76. The molecule has 2 aromatic rings. The van der Waals surface area contributed by atoms with Crippen molar-refractivity contribution in [3.05, 3.63) is 70.8 Å². The van der Waals surface area contributed by atoms with Crippen LogP contribution in [0.15, 0.2) is 48.5 Å². The lowest BCUT2D eigenvalue weighted by atomic mass is 10.00. The van der Waals surface area contributed by atoms with Crippen LogP contribution in [0, 0.1) is 0 Å². The van der Waals surface area contributed by atoms with E-state index >= 15 is 0 Å². The van der Waals surface area contributed by atoms with Crippen molar-refractivity contribution in [3.63, 3.8) is 0 Å². The molecule has 2 aromatic carbocycles. The molecule has 0 heteroatoms.